The van der Waals surface area contributed by atoms with Crippen LogP contribution in [0.25, 0.3) is 0 Å². The van der Waals surface area contributed by atoms with Crippen molar-refractivity contribution < 1.29 is 0 Å². The van der Waals surface area contributed by atoms with Gasteiger partial charge in [0.25, 0.3) is 0 Å². The van der Waals surface area contributed by atoms with E-state index in [1.54, 1.807) is 0 Å². The predicted octanol–water partition coefficient (Wildman–Crippen LogP) is 0.996. The van der Waals surface area contributed by atoms with Crippen LogP contribution in [0.15, 0.2) is 0 Å². The minimum Gasteiger partial charge on any atom is -0.329 e. The van der Waals surface area contributed by atoms with Gasteiger partial charge in [0.2, 0.25) is 0 Å². The molecule has 3 heteroatoms. The molecule has 90 valence electrons. The Labute approximate surface area is 94.6 Å². The van der Waals surface area contributed by atoms with Crippen molar-refractivity contribution in [1.82, 2.24) is 9.80 Å². The minimum atomic E-state index is 0.288. The summed E-state index contributed by atoms with van der Waals surface area (Å²) in [6.07, 6.45) is 1.28. The lowest BCUT2D eigenvalue weighted by atomic mass is 9.86. The third kappa shape index (κ3) is 3.16. The van der Waals surface area contributed by atoms with Crippen molar-refractivity contribution in [2.75, 3.05) is 33.7 Å². The van der Waals surface area contributed by atoms with Crippen LogP contribution in [0.2, 0.25) is 0 Å². The lowest BCUT2D eigenvalue weighted by Crippen LogP contribution is -2.48. The number of likely N-dealkylation sites (tertiary alicyclic amines) is 1. The van der Waals surface area contributed by atoms with Gasteiger partial charge in [-0.2, -0.15) is 0 Å². The Bertz CT molecular complexity index is 196. The van der Waals surface area contributed by atoms with Crippen molar-refractivity contribution in [3.8, 4) is 0 Å². The van der Waals surface area contributed by atoms with E-state index >= 15 is 0 Å². The van der Waals surface area contributed by atoms with E-state index in [4.69, 9.17) is 5.73 Å². The van der Waals surface area contributed by atoms with Crippen LogP contribution in [0.3, 0.4) is 0 Å². The van der Waals surface area contributed by atoms with Gasteiger partial charge in [0.15, 0.2) is 0 Å². The van der Waals surface area contributed by atoms with Crippen LogP contribution in [-0.2, 0) is 0 Å². The van der Waals surface area contributed by atoms with Crippen LogP contribution in [0.5, 0.6) is 0 Å². The van der Waals surface area contributed by atoms with E-state index in [0.29, 0.717) is 12.1 Å². The van der Waals surface area contributed by atoms with Gasteiger partial charge in [0, 0.05) is 31.7 Å². The summed E-state index contributed by atoms with van der Waals surface area (Å²) in [6, 6.07) is 1.23. The first-order chi connectivity index (χ1) is 6.86. The number of hydrogen-bond acceptors (Lipinski definition) is 3. The van der Waals surface area contributed by atoms with E-state index in [1.807, 2.05) is 0 Å². The molecule has 1 fully saturated rings. The van der Waals surface area contributed by atoms with Crippen molar-refractivity contribution in [2.24, 2.45) is 11.1 Å². The molecule has 1 saturated heterocycles. The third-order valence-corrected chi connectivity index (χ3v) is 3.59. The molecule has 1 aliphatic rings. The molecule has 0 amide bonds. The van der Waals surface area contributed by atoms with Crippen molar-refractivity contribution >= 4 is 0 Å². The van der Waals surface area contributed by atoms with Crippen molar-refractivity contribution in [3.63, 3.8) is 0 Å². The van der Waals surface area contributed by atoms with Crippen LogP contribution < -0.4 is 5.73 Å². The summed E-state index contributed by atoms with van der Waals surface area (Å²) in [5, 5.41) is 0. The molecule has 0 bridgehead atoms. The van der Waals surface area contributed by atoms with E-state index in [1.165, 1.54) is 19.5 Å². The van der Waals surface area contributed by atoms with Gasteiger partial charge in [-0.1, -0.05) is 20.8 Å². The molecule has 0 aromatic rings. The zero-order valence-corrected chi connectivity index (χ0v) is 11.0. The normalized spacial score (nSPS) is 26.2. The highest BCUT2D eigenvalue weighted by Crippen LogP contribution is 2.27. The number of nitrogens with two attached hydrogens (primary N) is 1. The highest BCUT2D eigenvalue weighted by molar-refractivity contribution is 4.90. The lowest BCUT2D eigenvalue weighted by Gasteiger charge is -2.37. The van der Waals surface area contributed by atoms with Crippen molar-refractivity contribution in [3.05, 3.63) is 0 Å². The van der Waals surface area contributed by atoms with Gasteiger partial charge in [-0.15, -0.1) is 0 Å². The molecular formula is C12H27N3. The largest absolute Gasteiger partial charge is 0.329 e. The van der Waals surface area contributed by atoms with Gasteiger partial charge < -0.3 is 10.6 Å². The Balaban J connectivity index is 2.58. The van der Waals surface area contributed by atoms with Crippen LogP contribution in [0.4, 0.5) is 0 Å². The topological polar surface area (TPSA) is 32.5 Å². The van der Waals surface area contributed by atoms with Crippen LogP contribution in [0, 0.1) is 5.41 Å². The second kappa shape index (κ2) is 4.81. The van der Waals surface area contributed by atoms with Gasteiger partial charge in [-0.25, -0.2) is 0 Å². The van der Waals surface area contributed by atoms with E-state index in [2.05, 4.69) is 44.7 Å². The maximum Gasteiger partial charge on any atom is 0.0267 e. The van der Waals surface area contributed by atoms with Crippen LogP contribution in [-0.4, -0.2) is 55.6 Å². The highest BCUT2D eigenvalue weighted by atomic mass is 15.3. The highest BCUT2D eigenvalue weighted by Gasteiger charge is 2.34. The van der Waals surface area contributed by atoms with E-state index in [-0.39, 0.29) is 5.41 Å². The number of nitrogens with zero attached hydrogens (tertiary/aromatic N) is 2. The van der Waals surface area contributed by atoms with E-state index < -0.39 is 0 Å². The summed E-state index contributed by atoms with van der Waals surface area (Å²) < 4.78 is 0. The van der Waals surface area contributed by atoms with E-state index in [9.17, 15) is 0 Å². The molecule has 2 unspecified atom stereocenters. The molecular weight excluding hydrogens is 186 g/mol. The van der Waals surface area contributed by atoms with Gasteiger partial charge in [-0.05, 0) is 25.9 Å². The SMILES string of the molecule is CN(C)C1CCN(C(CN)C(C)(C)C)C1. The fraction of sp³-hybridized carbons (Fsp3) is 1.00. The average Bonchev–Trinajstić information content (AvgIpc) is 2.51. The molecule has 0 aromatic heterocycles. The molecule has 0 aliphatic carbocycles. The number of rotatable bonds is 3. The zero-order valence-electron chi connectivity index (χ0n) is 11.0. The molecule has 1 aliphatic heterocycles. The summed E-state index contributed by atoms with van der Waals surface area (Å²) >= 11 is 0. The summed E-state index contributed by atoms with van der Waals surface area (Å²) in [5.74, 6) is 0. The monoisotopic (exact) mass is 213 g/mol. The summed E-state index contributed by atoms with van der Waals surface area (Å²) in [7, 11) is 4.34. The fourth-order valence-corrected chi connectivity index (χ4v) is 2.52. The lowest BCUT2D eigenvalue weighted by molar-refractivity contribution is 0.122. The third-order valence-electron chi connectivity index (χ3n) is 3.59. The Morgan fingerprint density at radius 2 is 2.00 bits per heavy atom. The quantitative estimate of drug-likeness (QED) is 0.759. The number of hydrogen-bond donors (Lipinski definition) is 1. The molecule has 3 nitrogen and oxygen atoms in total. The van der Waals surface area contributed by atoms with Gasteiger partial charge in [-0.3, -0.25) is 4.90 Å². The maximum absolute atomic E-state index is 5.91. The maximum atomic E-state index is 5.91. The zero-order chi connectivity index (χ0) is 11.6. The summed E-state index contributed by atoms with van der Waals surface area (Å²) in [4.78, 5) is 4.89. The Kier molecular flexibility index (Phi) is 4.15. The molecule has 0 aromatic carbocycles. The Morgan fingerprint density at radius 3 is 2.33 bits per heavy atom. The molecule has 1 rings (SSSR count). The predicted molar refractivity (Wildman–Crippen MR) is 66.0 cm³/mol. The van der Waals surface area contributed by atoms with Gasteiger partial charge >= 0.3 is 0 Å². The van der Waals surface area contributed by atoms with Crippen molar-refractivity contribution in [2.45, 2.75) is 39.3 Å². The van der Waals surface area contributed by atoms with Crippen LogP contribution in [0.1, 0.15) is 27.2 Å². The molecule has 1 heterocycles. The number of likely N-dealkylation sites (N-methyl/N-ethyl adjacent to an activating group) is 1. The second-order valence-corrected chi connectivity index (χ2v) is 6.02. The average molecular weight is 213 g/mol. The molecule has 15 heavy (non-hydrogen) atoms. The first kappa shape index (κ1) is 12.9. The Morgan fingerprint density at radius 1 is 1.40 bits per heavy atom. The Hall–Kier alpha value is -0.120. The molecule has 2 N–H and O–H groups in total. The summed E-state index contributed by atoms with van der Waals surface area (Å²) in [6.45, 7) is 9.99. The van der Waals surface area contributed by atoms with E-state index in [0.717, 1.165) is 6.54 Å². The second-order valence-electron chi connectivity index (χ2n) is 6.02. The van der Waals surface area contributed by atoms with Crippen molar-refractivity contribution in [1.29, 1.82) is 0 Å². The molecule has 2 atom stereocenters. The fourth-order valence-electron chi connectivity index (χ4n) is 2.52. The molecule has 0 saturated carbocycles. The molecule has 0 spiro atoms. The smallest absolute Gasteiger partial charge is 0.0267 e. The minimum absolute atomic E-state index is 0.288. The molecule has 0 radical (unpaired) electrons. The first-order valence-corrected chi connectivity index (χ1v) is 5.96. The van der Waals surface area contributed by atoms with Crippen LogP contribution >= 0.6 is 0 Å². The first-order valence-electron chi connectivity index (χ1n) is 5.96. The van der Waals surface area contributed by atoms with Gasteiger partial charge in [0.1, 0.15) is 0 Å². The summed E-state index contributed by atoms with van der Waals surface area (Å²) in [5.41, 5.74) is 6.19. The standard InChI is InChI=1S/C12H27N3/c1-12(2,3)11(8-13)15-7-6-10(9-15)14(4)5/h10-11H,6-9,13H2,1-5H3. The van der Waals surface area contributed by atoms with Gasteiger partial charge in [0.05, 0.1) is 0 Å².